The number of para-hydroxylation sites is 1. The average molecular weight is 386 g/mol. The predicted molar refractivity (Wildman–Crippen MR) is 110 cm³/mol. The Morgan fingerprint density at radius 1 is 0.931 bits per heavy atom. The summed E-state index contributed by atoms with van der Waals surface area (Å²) in [4.78, 5) is 16.0. The molecule has 0 saturated carbocycles. The van der Waals surface area contributed by atoms with E-state index in [-0.39, 0.29) is 11.9 Å². The molecule has 0 N–H and O–H groups in total. The molecule has 1 saturated heterocycles. The molecule has 4 aromatic rings. The van der Waals surface area contributed by atoms with Crippen molar-refractivity contribution in [2.24, 2.45) is 0 Å². The normalized spacial score (nSPS) is 16.9. The first-order chi connectivity index (χ1) is 14.3. The number of rotatable bonds is 3. The van der Waals surface area contributed by atoms with Crippen molar-refractivity contribution in [2.45, 2.75) is 6.10 Å². The van der Waals surface area contributed by atoms with Crippen LogP contribution in [0.2, 0.25) is 0 Å². The quantitative estimate of drug-likeness (QED) is 0.522. The molecule has 29 heavy (non-hydrogen) atoms. The number of fused-ring (bicyclic) bond motifs is 1. The summed E-state index contributed by atoms with van der Waals surface area (Å²) in [7, 11) is 0. The van der Waals surface area contributed by atoms with Crippen LogP contribution in [0.3, 0.4) is 0 Å². The molecule has 1 aliphatic heterocycles. The van der Waals surface area contributed by atoms with Crippen molar-refractivity contribution in [1.29, 1.82) is 0 Å². The van der Waals surface area contributed by atoms with Crippen LogP contribution in [0.25, 0.3) is 22.3 Å². The first-order valence-electron chi connectivity index (χ1n) is 9.57. The van der Waals surface area contributed by atoms with Crippen molar-refractivity contribution >= 4 is 16.7 Å². The third-order valence-electron chi connectivity index (χ3n) is 5.13. The number of hydrogen-bond acceptors (Lipinski definition) is 5. The van der Waals surface area contributed by atoms with Crippen LogP contribution in [0.5, 0.6) is 0 Å². The Balaban J connectivity index is 1.55. The zero-order valence-electron chi connectivity index (χ0n) is 15.7. The van der Waals surface area contributed by atoms with Gasteiger partial charge in [0.15, 0.2) is 5.82 Å². The number of pyridine rings is 1. The number of halogens is 1. The molecule has 0 radical (unpaired) electrons. The molecule has 0 spiro atoms. The van der Waals surface area contributed by atoms with Gasteiger partial charge in [-0.15, -0.1) is 0 Å². The zero-order chi connectivity index (χ0) is 19.6. The molecule has 6 heteroatoms. The number of ether oxygens (including phenoxy) is 1. The number of anilines is 1. The summed E-state index contributed by atoms with van der Waals surface area (Å²) >= 11 is 0. The van der Waals surface area contributed by atoms with Gasteiger partial charge in [0, 0.05) is 36.4 Å². The van der Waals surface area contributed by atoms with Crippen molar-refractivity contribution in [3.05, 3.63) is 84.4 Å². The fourth-order valence-corrected chi connectivity index (χ4v) is 3.65. The molecule has 1 aliphatic rings. The van der Waals surface area contributed by atoms with Crippen LogP contribution >= 0.6 is 0 Å². The maximum atomic E-state index is 13.3. The molecule has 0 amide bonds. The minimum absolute atomic E-state index is 0.137. The van der Waals surface area contributed by atoms with Gasteiger partial charge in [-0.3, -0.25) is 4.98 Å². The molecule has 1 fully saturated rings. The lowest BCUT2D eigenvalue weighted by molar-refractivity contribution is 0.0396. The zero-order valence-corrected chi connectivity index (χ0v) is 15.7. The van der Waals surface area contributed by atoms with Crippen molar-refractivity contribution in [3.8, 4) is 11.4 Å². The summed E-state index contributed by atoms with van der Waals surface area (Å²) in [5, 5.41) is 1.00. The van der Waals surface area contributed by atoms with Crippen LogP contribution in [-0.2, 0) is 4.74 Å². The highest BCUT2D eigenvalue weighted by Crippen LogP contribution is 2.31. The van der Waals surface area contributed by atoms with Gasteiger partial charge in [-0.1, -0.05) is 24.3 Å². The molecular formula is C23H19FN4O. The van der Waals surface area contributed by atoms with Crippen LogP contribution in [0, 0.1) is 5.82 Å². The van der Waals surface area contributed by atoms with Crippen molar-refractivity contribution < 1.29 is 9.13 Å². The van der Waals surface area contributed by atoms with Gasteiger partial charge < -0.3 is 9.64 Å². The lowest BCUT2D eigenvalue weighted by Crippen LogP contribution is -2.39. The summed E-state index contributed by atoms with van der Waals surface area (Å²) < 4.78 is 19.3. The third kappa shape index (κ3) is 3.54. The van der Waals surface area contributed by atoms with E-state index >= 15 is 0 Å². The van der Waals surface area contributed by atoms with E-state index in [1.165, 1.54) is 12.1 Å². The van der Waals surface area contributed by atoms with E-state index in [1.807, 2.05) is 36.4 Å². The fraction of sp³-hybridized carbons (Fsp3) is 0.174. The van der Waals surface area contributed by atoms with E-state index in [0.29, 0.717) is 19.0 Å². The Kier molecular flexibility index (Phi) is 4.62. The highest BCUT2D eigenvalue weighted by atomic mass is 19.1. The molecule has 144 valence electrons. The van der Waals surface area contributed by atoms with E-state index in [0.717, 1.165) is 34.4 Å². The second-order valence-corrected chi connectivity index (χ2v) is 6.98. The molecule has 3 heterocycles. The van der Waals surface area contributed by atoms with Crippen molar-refractivity contribution in [1.82, 2.24) is 15.0 Å². The molecule has 0 bridgehead atoms. The van der Waals surface area contributed by atoms with Gasteiger partial charge in [-0.05, 0) is 42.0 Å². The highest BCUT2D eigenvalue weighted by Gasteiger charge is 2.25. The van der Waals surface area contributed by atoms with Crippen LogP contribution < -0.4 is 4.90 Å². The van der Waals surface area contributed by atoms with Gasteiger partial charge in [0.1, 0.15) is 17.7 Å². The molecule has 5 nitrogen and oxygen atoms in total. The van der Waals surface area contributed by atoms with E-state index in [1.54, 1.807) is 24.5 Å². The van der Waals surface area contributed by atoms with Gasteiger partial charge in [0.25, 0.3) is 0 Å². The van der Waals surface area contributed by atoms with Gasteiger partial charge in [-0.25, -0.2) is 14.4 Å². The summed E-state index contributed by atoms with van der Waals surface area (Å²) in [5.41, 5.74) is 2.79. The summed E-state index contributed by atoms with van der Waals surface area (Å²) in [6.07, 6.45) is 3.35. The van der Waals surface area contributed by atoms with E-state index in [2.05, 4.69) is 9.88 Å². The molecule has 1 atom stereocenters. The number of benzene rings is 2. The van der Waals surface area contributed by atoms with Crippen LogP contribution in [0.1, 0.15) is 11.7 Å². The molecule has 5 rings (SSSR count). The molecule has 2 aromatic heterocycles. The number of hydrogen-bond donors (Lipinski definition) is 0. The monoisotopic (exact) mass is 386 g/mol. The minimum Gasteiger partial charge on any atom is -0.370 e. The average Bonchev–Trinajstić information content (AvgIpc) is 2.79. The number of nitrogens with zero attached hydrogens (tertiary/aromatic N) is 4. The molecular weight excluding hydrogens is 367 g/mol. The van der Waals surface area contributed by atoms with Crippen LogP contribution in [-0.4, -0.2) is 34.6 Å². The second kappa shape index (κ2) is 7.56. The summed E-state index contributed by atoms with van der Waals surface area (Å²) in [6.45, 7) is 1.95. The smallest absolute Gasteiger partial charge is 0.162 e. The standard InChI is InChI=1S/C23H19FN4O/c24-18-7-5-16(6-8-18)21-15-28(13-14-29-21)23-19-3-1-2-4-20(19)26-22(27-23)17-9-11-25-12-10-17/h1-12,21H,13-15H2. The molecule has 2 aromatic carbocycles. The van der Waals surface area contributed by atoms with E-state index < -0.39 is 0 Å². The van der Waals surface area contributed by atoms with Crippen LogP contribution in [0.4, 0.5) is 10.2 Å². The van der Waals surface area contributed by atoms with E-state index in [4.69, 9.17) is 14.7 Å². The first kappa shape index (κ1) is 17.7. The number of morpholine rings is 1. The summed E-state index contributed by atoms with van der Waals surface area (Å²) in [6, 6.07) is 18.4. The lowest BCUT2D eigenvalue weighted by Gasteiger charge is -2.34. The Labute approximate surface area is 167 Å². The highest BCUT2D eigenvalue weighted by molar-refractivity contribution is 5.91. The first-order valence-corrected chi connectivity index (χ1v) is 9.57. The second-order valence-electron chi connectivity index (χ2n) is 6.98. The van der Waals surface area contributed by atoms with E-state index in [9.17, 15) is 4.39 Å². The maximum Gasteiger partial charge on any atom is 0.162 e. The number of aromatic nitrogens is 3. The molecule has 1 unspecified atom stereocenters. The SMILES string of the molecule is Fc1ccc(C2CN(c3nc(-c4ccncc4)nc4ccccc34)CCO2)cc1. The largest absolute Gasteiger partial charge is 0.370 e. The lowest BCUT2D eigenvalue weighted by atomic mass is 10.1. The Morgan fingerprint density at radius 3 is 2.55 bits per heavy atom. The maximum absolute atomic E-state index is 13.3. The van der Waals surface area contributed by atoms with Crippen molar-refractivity contribution in [2.75, 3.05) is 24.6 Å². The summed E-state index contributed by atoms with van der Waals surface area (Å²) in [5.74, 6) is 1.31. The molecule has 0 aliphatic carbocycles. The topological polar surface area (TPSA) is 51.1 Å². The Morgan fingerprint density at radius 2 is 1.72 bits per heavy atom. The predicted octanol–water partition coefficient (Wildman–Crippen LogP) is 4.41. The van der Waals surface area contributed by atoms with Gasteiger partial charge in [0.2, 0.25) is 0 Å². The Bertz CT molecular complexity index is 1130. The van der Waals surface area contributed by atoms with Gasteiger partial charge in [0.05, 0.1) is 12.1 Å². The van der Waals surface area contributed by atoms with Gasteiger partial charge >= 0.3 is 0 Å². The third-order valence-corrected chi connectivity index (χ3v) is 5.13. The van der Waals surface area contributed by atoms with Gasteiger partial charge in [-0.2, -0.15) is 0 Å². The minimum atomic E-state index is -0.245. The Hall–Kier alpha value is -3.38. The fourth-order valence-electron chi connectivity index (χ4n) is 3.65. The van der Waals surface area contributed by atoms with Crippen LogP contribution in [0.15, 0.2) is 73.1 Å². The van der Waals surface area contributed by atoms with Crippen molar-refractivity contribution in [3.63, 3.8) is 0 Å².